The maximum Gasteiger partial charge on any atom is 0.0863 e. The van der Waals surface area contributed by atoms with Crippen LogP contribution in [0.1, 0.15) is 44.2 Å². The van der Waals surface area contributed by atoms with E-state index in [4.69, 9.17) is 4.74 Å². The summed E-state index contributed by atoms with van der Waals surface area (Å²) in [6, 6.07) is 8.56. The average Bonchev–Trinajstić information content (AvgIpc) is 2.76. The molecule has 1 N–H and O–H groups in total. The summed E-state index contributed by atoms with van der Waals surface area (Å²) in [5.41, 5.74) is 2.54. The van der Waals surface area contributed by atoms with Crippen molar-refractivity contribution in [3.8, 4) is 0 Å². The lowest BCUT2D eigenvalue weighted by Crippen LogP contribution is -2.31. The molecule has 1 aliphatic heterocycles. The van der Waals surface area contributed by atoms with Gasteiger partial charge in [-0.2, -0.15) is 0 Å². The van der Waals surface area contributed by atoms with Gasteiger partial charge >= 0.3 is 0 Å². The van der Waals surface area contributed by atoms with Crippen molar-refractivity contribution in [3.05, 3.63) is 35.4 Å². The van der Waals surface area contributed by atoms with Crippen molar-refractivity contribution >= 4 is 0 Å². The first kappa shape index (κ1) is 13.6. The smallest absolute Gasteiger partial charge is 0.0863 e. The Bertz CT molecular complexity index is 369. The normalized spacial score (nSPS) is 25.6. The number of hydrogen-bond acceptors (Lipinski definition) is 2. The fourth-order valence-corrected chi connectivity index (χ4v) is 2.61. The van der Waals surface area contributed by atoms with Crippen LogP contribution in [0.25, 0.3) is 0 Å². The molecule has 0 aliphatic carbocycles. The molecule has 1 aromatic carbocycles. The number of rotatable bonds is 4. The first-order valence-corrected chi connectivity index (χ1v) is 6.96. The van der Waals surface area contributed by atoms with Crippen molar-refractivity contribution < 1.29 is 9.84 Å². The lowest BCUT2D eigenvalue weighted by Gasteiger charge is -2.21. The minimum atomic E-state index is -0.382. The highest BCUT2D eigenvalue weighted by atomic mass is 16.5. The van der Waals surface area contributed by atoms with Crippen LogP contribution in [0, 0.1) is 5.92 Å². The van der Waals surface area contributed by atoms with Crippen LogP contribution in [-0.4, -0.2) is 23.9 Å². The summed E-state index contributed by atoms with van der Waals surface area (Å²) < 4.78 is 5.61. The van der Waals surface area contributed by atoms with Gasteiger partial charge in [-0.05, 0) is 29.4 Å². The summed E-state index contributed by atoms with van der Waals surface area (Å²) >= 11 is 0. The maximum absolute atomic E-state index is 10.2. The van der Waals surface area contributed by atoms with E-state index in [1.807, 2.05) is 0 Å². The van der Waals surface area contributed by atoms with Crippen molar-refractivity contribution in [2.75, 3.05) is 6.61 Å². The number of ether oxygens (including phenoxy) is 1. The van der Waals surface area contributed by atoms with Gasteiger partial charge in [-0.25, -0.2) is 0 Å². The molecule has 1 heterocycles. The van der Waals surface area contributed by atoms with Gasteiger partial charge in [0.2, 0.25) is 0 Å². The first-order chi connectivity index (χ1) is 8.58. The zero-order valence-corrected chi connectivity index (χ0v) is 11.6. The molecule has 3 atom stereocenters. The lowest BCUT2D eigenvalue weighted by atomic mass is 9.94. The van der Waals surface area contributed by atoms with Gasteiger partial charge in [0, 0.05) is 13.0 Å². The van der Waals surface area contributed by atoms with Crippen molar-refractivity contribution in [2.24, 2.45) is 5.92 Å². The van der Waals surface area contributed by atoms with E-state index in [-0.39, 0.29) is 12.2 Å². The van der Waals surface area contributed by atoms with Gasteiger partial charge < -0.3 is 9.84 Å². The molecule has 0 bridgehead atoms. The van der Waals surface area contributed by atoms with Gasteiger partial charge in [0.25, 0.3) is 0 Å². The zero-order chi connectivity index (χ0) is 13.1. The molecule has 0 amide bonds. The minimum Gasteiger partial charge on any atom is -0.390 e. The monoisotopic (exact) mass is 248 g/mol. The van der Waals surface area contributed by atoms with Gasteiger partial charge in [0.1, 0.15) is 0 Å². The fourth-order valence-electron chi connectivity index (χ4n) is 2.61. The molecule has 0 radical (unpaired) electrons. The third-order valence-corrected chi connectivity index (χ3v) is 3.91. The van der Waals surface area contributed by atoms with Crippen molar-refractivity contribution in [1.29, 1.82) is 0 Å². The van der Waals surface area contributed by atoms with Crippen molar-refractivity contribution in [3.63, 3.8) is 0 Å². The predicted molar refractivity (Wildman–Crippen MR) is 73.8 cm³/mol. The summed E-state index contributed by atoms with van der Waals surface area (Å²) in [5.74, 6) is 1.03. The number of aliphatic hydroxyl groups excluding tert-OH is 1. The maximum atomic E-state index is 10.2. The minimum absolute atomic E-state index is 0.00905. The Morgan fingerprint density at radius 2 is 1.94 bits per heavy atom. The lowest BCUT2D eigenvalue weighted by molar-refractivity contribution is -0.0157. The van der Waals surface area contributed by atoms with E-state index >= 15 is 0 Å². The second-order valence-corrected chi connectivity index (χ2v) is 5.77. The van der Waals surface area contributed by atoms with E-state index in [0.29, 0.717) is 18.3 Å². The third-order valence-electron chi connectivity index (χ3n) is 3.91. The van der Waals surface area contributed by atoms with Gasteiger partial charge in [-0.3, -0.25) is 0 Å². The molecular weight excluding hydrogens is 224 g/mol. The van der Waals surface area contributed by atoms with Gasteiger partial charge in [0.15, 0.2) is 0 Å². The second kappa shape index (κ2) is 5.85. The highest BCUT2D eigenvalue weighted by Crippen LogP contribution is 2.25. The Labute approximate surface area is 110 Å². The van der Waals surface area contributed by atoms with Gasteiger partial charge in [-0.1, -0.05) is 45.0 Å². The molecule has 1 saturated heterocycles. The summed E-state index contributed by atoms with van der Waals surface area (Å²) in [6.07, 6.45) is 1.38. The van der Waals surface area contributed by atoms with E-state index in [9.17, 15) is 5.11 Å². The average molecular weight is 248 g/mol. The molecule has 0 saturated carbocycles. The molecule has 3 unspecified atom stereocenters. The topological polar surface area (TPSA) is 29.5 Å². The van der Waals surface area contributed by atoms with E-state index in [2.05, 4.69) is 45.0 Å². The molecule has 100 valence electrons. The van der Waals surface area contributed by atoms with Crippen LogP contribution < -0.4 is 0 Å². The van der Waals surface area contributed by atoms with Crippen LogP contribution in [0.15, 0.2) is 24.3 Å². The van der Waals surface area contributed by atoms with Gasteiger partial charge in [-0.15, -0.1) is 0 Å². The Kier molecular flexibility index (Phi) is 4.41. The number of benzene rings is 1. The number of hydrogen-bond donors (Lipinski definition) is 1. The van der Waals surface area contributed by atoms with Crippen LogP contribution in [0.5, 0.6) is 0 Å². The molecule has 0 spiro atoms. The van der Waals surface area contributed by atoms with Crippen LogP contribution in [0.2, 0.25) is 0 Å². The van der Waals surface area contributed by atoms with Crippen molar-refractivity contribution in [1.82, 2.24) is 0 Å². The van der Waals surface area contributed by atoms with E-state index in [1.54, 1.807) is 0 Å². The van der Waals surface area contributed by atoms with Crippen LogP contribution >= 0.6 is 0 Å². The van der Waals surface area contributed by atoms with Crippen LogP contribution in [0.4, 0.5) is 0 Å². The predicted octanol–water partition coefficient (Wildman–Crippen LogP) is 3.14. The summed E-state index contributed by atoms with van der Waals surface area (Å²) in [5, 5.41) is 10.2. The highest BCUT2D eigenvalue weighted by molar-refractivity contribution is 5.25. The Hall–Kier alpha value is -0.860. The molecule has 2 rings (SSSR count). The molecular formula is C16H24O2. The number of aliphatic hydroxyl groups is 1. The van der Waals surface area contributed by atoms with E-state index < -0.39 is 0 Å². The molecule has 0 aromatic heterocycles. The van der Waals surface area contributed by atoms with Crippen molar-refractivity contribution in [2.45, 2.75) is 51.7 Å². The molecule has 2 nitrogen and oxygen atoms in total. The molecule has 2 heteroatoms. The zero-order valence-electron chi connectivity index (χ0n) is 11.6. The Morgan fingerprint density at radius 1 is 1.28 bits per heavy atom. The van der Waals surface area contributed by atoms with Gasteiger partial charge in [0.05, 0.1) is 12.2 Å². The molecule has 1 aromatic rings. The standard InChI is InChI=1S/C16H24O2/c1-11(2)14-6-4-13(5-7-14)10-15(17)16-12(3)8-9-18-16/h4-7,11-12,15-17H,8-10H2,1-3H3. The van der Waals surface area contributed by atoms with Crippen LogP contribution in [0.3, 0.4) is 0 Å². The SMILES string of the molecule is CC(C)c1ccc(CC(O)C2OCCC2C)cc1. The summed E-state index contributed by atoms with van der Waals surface area (Å²) in [6.45, 7) is 7.33. The molecule has 1 fully saturated rings. The molecule has 18 heavy (non-hydrogen) atoms. The first-order valence-electron chi connectivity index (χ1n) is 6.96. The highest BCUT2D eigenvalue weighted by Gasteiger charge is 2.30. The summed E-state index contributed by atoms with van der Waals surface area (Å²) in [7, 11) is 0. The third kappa shape index (κ3) is 3.12. The van der Waals surface area contributed by atoms with Crippen LogP contribution in [-0.2, 0) is 11.2 Å². The van der Waals surface area contributed by atoms with E-state index in [1.165, 1.54) is 11.1 Å². The van der Waals surface area contributed by atoms with E-state index in [0.717, 1.165) is 13.0 Å². The fraction of sp³-hybridized carbons (Fsp3) is 0.625. The Balaban J connectivity index is 1.96. The Morgan fingerprint density at radius 3 is 2.44 bits per heavy atom. The second-order valence-electron chi connectivity index (χ2n) is 5.77. The molecule has 1 aliphatic rings. The largest absolute Gasteiger partial charge is 0.390 e. The summed E-state index contributed by atoms with van der Waals surface area (Å²) in [4.78, 5) is 0. The quantitative estimate of drug-likeness (QED) is 0.887.